The van der Waals surface area contributed by atoms with Crippen LogP contribution in [0.15, 0.2) is 60.3 Å². The Morgan fingerprint density at radius 3 is 2.61 bits per heavy atom. The van der Waals surface area contributed by atoms with Crippen LogP contribution in [0, 0.1) is 24.2 Å². The molecular formula is C23H24ClN3O. The second-order valence-corrected chi connectivity index (χ2v) is 7.60. The minimum absolute atomic E-state index is 0.112. The van der Waals surface area contributed by atoms with Crippen molar-refractivity contribution in [3.05, 3.63) is 76.5 Å². The predicted molar refractivity (Wildman–Crippen MR) is 113 cm³/mol. The van der Waals surface area contributed by atoms with E-state index in [4.69, 9.17) is 11.6 Å². The molecule has 1 N–H and O–H groups in total. The third-order valence-corrected chi connectivity index (χ3v) is 5.62. The van der Waals surface area contributed by atoms with Crippen LogP contribution < -0.4 is 5.32 Å². The maximum Gasteiger partial charge on any atom is 0.267 e. The van der Waals surface area contributed by atoms with E-state index in [0.717, 1.165) is 37.9 Å². The van der Waals surface area contributed by atoms with Crippen molar-refractivity contribution in [1.29, 1.82) is 5.26 Å². The van der Waals surface area contributed by atoms with Crippen molar-refractivity contribution in [2.24, 2.45) is 5.92 Å². The maximum absolute atomic E-state index is 12.5. The number of nitriles is 1. The van der Waals surface area contributed by atoms with Crippen LogP contribution in [0.3, 0.4) is 0 Å². The van der Waals surface area contributed by atoms with Gasteiger partial charge in [0.05, 0.1) is 0 Å². The molecule has 0 aromatic heterocycles. The van der Waals surface area contributed by atoms with Gasteiger partial charge in [0.2, 0.25) is 0 Å². The molecule has 0 unspecified atom stereocenters. The first-order valence-corrected chi connectivity index (χ1v) is 9.91. The number of anilines is 1. The topological polar surface area (TPSA) is 56.1 Å². The summed E-state index contributed by atoms with van der Waals surface area (Å²) < 4.78 is 0. The highest BCUT2D eigenvalue weighted by atomic mass is 35.5. The van der Waals surface area contributed by atoms with Crippen LogP contribution in [0.2, 0.25) is 5.02 Å². The Morgan fingerprint density at radius 2 is 1.93 bits per heavy atom. The fourth-order valence-electron chi connectivity index (χ4n) is 3.49. The number of carbonyl (C=O) groups excluding carboxylic acids is 1. The van der Waals surface area contributed by atoms with E-state index in [1.54, 1.807) is 24.4 Å². The first-order valence-electron chi connectivity index (χ1n) is 9.53. The van der Waals surface area contributed by atoms with Gasteiger partial charge in [-0.15, -0.1) is 0 Å². The van der Waals surface area contributed by atoms with Gasteiger partial charge in [0.25, 0.3) is 5.91 Å². The lowest BCUT2D eigenvalue weighted by molar-refractivity contribution is -0.112. The number of carbonyl (C=O) groups is 1. The predicted octanol–water partition coefficient (Wildman–Crippen LogP) is 4.95. The molecule has 5 heteroatoms. The average Bonchev–Trinajstić information content (AvgIpc) is 2.71. The summed E-state index contributed by atoms with van der Waals surface area (Å²) in [4.78, 5) is 14.6. The second-order valence-electron chi connectivity index (χ2n) is 7.19. The molecule has 1 aliphatic rings. The summed E-state index contributed by atoms with van der Waals surface area (Å²) >= 11 is 6.10. The standard InChI is InChI=1S/C23H24ClN3O/c1-17-21(24)8-5-9-22(17)26-23(28)20(15-25)16-27-12-10-19(11-13-27)14-18-6-3-2-4-7-18/h2-9,16,19H,10-14H2,1H3,(H,26,28)/b20-16-. The molecule has 1 fully saturated rings. The Labute approximate surface area is 171 Å². The zero-order valence-corrected chi connectivity index (χ0v) is 16.7. The third-order valence-electron chi connectivity index (χ3n) is 5.21. The molecule has 2 aromatic rings. The zero-order chi connectivity index (χ0) is 19.9. The molecule has 0 atom stereocenters. The van der Waals surface area contributed by atoms with Gasteiger partial charge in [-0.05, 0) is 55.4 Å². The highest BCUT2D eigenvalue weighted by Gasteiger charge is 2.20. The molecule has 0 aliphatic carbocycles. The molecule has 0 bridgehead atoms. The summed E-state index contributed by atoms with van der Waals surface area (Å²) in [6.07, 6.45) is 4.88. The van der Waals surface area contributed by atoms with Gasteiger partial charge in [-0.3, -0.25) is 4.79 Å². The van der Waals surface area contributed by atoms with Gasteiger partial charge in [-0.25, -0.2) is 0 Å². The summed E-state index contributed by atoms with van der Waals surface area (Å²) in [5.74, 6) is 0.236. The van der Waals surface area contributed by atoms with Crippen molar-refractivity contribution in [3.8, 4) is 6.07 Å². The number of halogens is 1. The lowest BCUT2D eigenvalue weighted by Gasteiger charge is -2.31. The number of hydrogen-bond donors (Lipinski definition) is 1. The summed E-state index contributed by atoms with van der Waals surface area (Å²) in [6, 6.07) is 17.9. The van der Waals surface area contributed by atoms with E-state index in [2.05, 4.69) is 34.5 Å². The van der Waals surface area contributed by atoms with E-state index in [1.807, 2.05) is 19.1 Å². The van der Waals surface area contributed by atoms with Crippen molar-refractivity contribution >= 4 is 23.2 Å². The molecule has 0 saturated carbocycles. The van der Waals surface area contributed by atoms with Crippen LogP contribution in [-0.4, -0.2) is 23.9 Å². The van der Waals surface area contributed by atoms with E-state index >= 15 is 0 Å². The minimum atomic E-state index is -0.403. The van der Waals surface area contributed by atoms with Gasteiger partial charge >= 0.3 is 0 Å². The van der Waals surface area contributed by atoms with E-state index in [9.17, 15) is 10.1 Å². The van der Waals surface area contributed by atoms with Crippen molar-refractivity contribution in [2.45, 2.75) is 26.2 Å². The SMILES string of the molecule is Cc1c(Cl)cccc1NC(=O)/C(C#N)=C\N1CCC(Cc2ccccc2)CC1. The van der Waals surface area contributed by atoms with E-state index in [-0.39, 0.29) is 5.57 Å². The Balaban J connectivity index is 1.58. The number of nitrogens with one attached hydrogen (secondary N) is 1. The molecule has 0 spiro atoms. The highest BCUT2D eigenvalue weighted by molar-refractivity contribution is 6.31. The lowest BCUT2D eigenvalue weighted by Crippen LogP contribution is -2.31. The van der Waals surface area contributed by atoms with Gasteiger partial charge in [-0.2, -0.15) is 5.26 Å². The van der Waals surface area contributed by atoms with Gasteiger partial charge < -0.3 is 10.2 Å². The van der Waals surface area contributed by atoms with Crippen molar-refractivity contribution in [2.75, 3.05) is 18.4 Å². The van der Waals surface area contributed by atoms with Gasteiger partial charge in [0.1, 0.15) is 11.6 Å². The molecular weight excluding hydrogens is 370 g/mol. The van der Waals surface area contributed by atoms with Gasteiger partial charge in [0.15, 0.2) is 0 Å². The normalized spacial score (nSPS) is 15.2. The monoisotopic (exact) mass is 393 g/mol. The fraction of sp³-hybridized carbons (Fsp3) is 0.304. The third kappa shape index (κ3) is 5.15. The van der Waals surface area contributed by atoms with Crippen LogP contribution in [0.25, 0.3) is 0 Å². The second kappa shape index (κ2) is 9.43. The number of hydrogen-bond acceptors (Lipinski definition) is 3. The van der Waals surface area contributed by atoms with E-state index in [1.165, 1.54) is 5.56 Å². The number of likely N-dealkylation sites (tertiary alicyclic amines) is 1. The van der Waals surface area contributed by atoms with Crippen LogP contribution in [-0.2, 0) is 11.2 Å². The number of amides is 1. The van der Waals surface area contributed by atoms with Crippen LogP contribution in [0.5, 0.6) is 0 Å². The average molecular weight is 394 g/mol. The molecule has 1 aliphatic heterocycles. The first-order chi connectivity index (χ1) is 13.6. The number of benzene rings is 2. The number of piperidine rings is 1. The number of nitrogens with zero attached hydrogens (tertiary/aromatic N) is 2. The summed E-state index contributed by atoms with van der Waals surface area (Å²) in [5.41, 5.74) is 2.89. The molecule has 1 heterocycles. The molecule has 4 nitrogen and oxygen atoms in total. The van der Waals surface area contributed by atoms with Crippen LogP contribution >= 0.6 is 11.6 Å². The van der Waals surface area contributed by atoms with Crippen LogP contribution in [0.4, 0.5) is 5.69 Å². The minimum Gasteiger partial charge on any atom is -0.376 e. The first kappa shape index (κ1) is 20.0. The molecule has 0 radical (unpaired) electrons. The fourth-order valence-corrected chi connectivity index (χ4v) is 3.66. The summed E-state index contributed by atoms with van der Waals surface area (Å²) in [5, 5.41) is 12.8. The Kier molecular flexibility index (Phi) is 6.73. The molecule has 3 rings (SSSR count). The quantitative estimate of drug-likeness (QED) is 0.577. The molecule has 1 amide bonds. The van der Waals surface area contributed by atoms with E-state index in [0.29, 0.717) is 16.6 Å². The zero-order valence-electron chi connectivity index (χ0n) is 16.0. The summed E-state index contributed by atoms with van der Waals surface area (Å²) in [6.45, 7) is 3.55. The van der Waals surface area contributed by atoms with Gasteiger partial charge in [-0.1, -0.05) is 48.0 Å². The van der Waals surface area contributed by atoms with Gasteiger partial charge in [0, 0.05) is 30.0 Å². The number of rotatable bonds is 5. The Morgan fingerprint density at radius 1 is 1.21 bits per heavy atom. The molecule has 144 valence electrons. The lowest BCUT2D eigenvalue weighted by atomic mass is 9.90. The van der Waals surface area contributed by atoms with Crippen molar-refractivity contribution in [1.82, 2.24) is 4.90 Å². The molecule has 2 aromatic carbocycles. The summed E-state index contributed by atoms with van der Waals surface area (Å²) in [7, 11) is 0. The Bertz CT molecular complexity index is 894. The molecule has 28 heavy (non-hydrogen) atoms. The van der Waals surface area contributed by atoms with E-state index < -0.39 is 5.91 Å². The molecule has 1 saturated heterocycles. The van der Waals surface area contributed by atoms with Crippen molar-refractivity contribution in [3.63, 3.8) is 0 Å². The largest absolute Gasteiger partial charge is 0.376 e. The maximum atomic E-state index is 12.5. The highest BCUT2D eigenvalue weighted by Crippen LogP contribution is 2.24. The van der Waals surface area contributed by atoms with Crippen molar-refractivity contribution < 1.29 is 4.79 Å². The smallest absolute Gasteiger partial charge is 0.267 e. The Hall–Kier alpha value is -2.77. The van der Waals surface area contributed by atoms with Crippen LogP contribution in [0.1, 0.15) is 24.0 Å².